The molecule has 4 aromatic carbocycles. The van der Waals surface area contributed by atoms with Crippen molar-refractivity contribution in [1.82, 2.24) is 0 Å². The van der Waals surface area contributed by atoms with Gasteiger partial charge in [0.05, 0.1) is 13.2 Å². The molecule has 2 fully saturated rings. The maximum absolute atomic E-state index is 12.7. The van der Waals surface area contributed by atoms with E-state index in [0.29, 0.717) is 11.5 Å². The molecule has 0 spiro atoms. The molecule has 0 aromatic heterocycles. The van der Waals surface area contributed by atoms with Crippen molar-refractivity contribution < 1.29 is 57.1 Å². The quantitative estimate of drug-likeness (QED) is 0.0533. The zero-order valence-corrected chi connectivity index (χ0v) is 30.2. The molecule has 56 heavy (non-hydrogen) atoms. The van der Waals surface area contributed by atoms with Crippen LogP contribution in [0.15, 0.2) is 135 Å². The average Bonchev–Trinajstić information content (AvgIpc) is 3.82. The fraction of sp³-hybridized carbons (Fsp3) is 0.182. The zero-order valence-electron chi connectivity index (χ0n) is 30.2. The molecule has 286 valence electrons. The summed E-state index contributed by atoms with van der Waals surface area (Å²) in [5.41, 5.74) is 5.42. The molecule has 4 atom stereocenters. The van der Waals surface area contributed by atoms with E-state index >= 15 is 0 Å². The fourth-order valence-electron chi connectivity index (χ4n) is 5.83. The van der Waals surface area contributed by atoms with Crippen LogP contribution in [0.1, 0.15) is 11.1 Å². The van der Waals surface area contributed by atoms with Gasteiger partial charge in [-0.25, -0.2) is 19.2 Å². The molecule has 0 bridgehead atoms. The van der Waals surface area contributed by atoms with Crippen molar-refractivity contribution in [2.75, 3.05) is 26.8 Å². The first-order valence-electron chi connectivity index (χ1n) is 17.5. The van der Waals surface area contributed by atoms with Crippen molar-refractivity contribution in [3.8, 4) is 33.8 Å². The summed E-state index contributed by atoms with van der Waals surface area (Å²) in [7, 11) is 0. The minimum Gasteiger partial charge on any atom is -0.457 e. The van der Waals surface area contributed by atoms with E-state index in [1.807, 2.05) is 72.8 Å². The molecule has 12 heteroatoms. The first-order chi connectivity index (χ1) is 27.3. The summed E-state index contributed by atoms with van der Waals surface area (Å²) < 4.78 is 43.3. The van der Waals surface area contributed by atoms with Crippen molar-refractivity contribution in [1.29, 1.82) is 0 Å². The third-order valence-electron chi connectivity index (χ3n) is 8.70. The Labute approximate surface area is 323 Å². The number of carbonyl (C=O) groups excluding carboxylic acids is 4. The van der Waals surface area contributed by atoms with Gasteiger partial charge in [0, 0.05) is 24.3 Å². The smallest absolute Gasteiger partial charge is 0.333 e. The fourth-order valence-corrected chi connectivity index (χ4v) is 5.83. The number of carbonyl (C=O) groups is 4. The molecule has 0 aliphatic carbocycles. The summed E-state index contributed by atoms with van der Waals surface area (Å²) in [4.78, 5) is 47.6. The van der Waals surface area contributed by atoms with Gasteiger partial charge in [0.15, 0.2) is 12.2 Å². The monoisotopic (exact) mass is 758 g/mol. The molecular formula is C44H38O12. The van der Waals surface area contributed by atoms with Crippen molar-refractivity contribution in [2.24, 2.45) is 0 Å². The van der Waals surface area contributed by atoms with Crippen molar-refractivity contribution in [3.05, 3.63) is 146 Å². The summed E-state index contributed by atoms with van der Waals surface area (Å²) in [6.07, 6.45) is 5.71. The number of rotatable bonds is 16. The topological polar surface area (TPSA) is 142 Å². The molecule has 0 N–H and O–H groups in total. The average molecular weight is 759 g/mol. The lowest BCUT2D eigenvalue weighted by molar-refractivity contribution is -0.149. The van der Waals surface area contributed by atoms with Gasteiger partial charge in [-0.05, 0) is 69.8 Å². The molecular weight excluding hydrogens is 720 g/mol. The van der Waals surface area contributed by atoms with Crippen LogP contribution in [0.25, 0.3) is 34.4 Å². The van der Waals surface area contributed by atoms with E-state index in [4.69, 9.17) is 37.9 Å². The Balaban J connectivity index is 0.921. The highest BCUT2D eigenvalue weighted by atomic mass is 16.7. The van der Waals surface area contributed by atoms with Gasteiger partial charge in [-0.15, -0.1) is 0 Å². The lowest BCUT2D eigenvalue weighted by atomic mass is 10.0. The van der Waals surface area contributed by atoms with Crippen LogP contribution in [0.5, 0.6) is 11.5 Å². The molecule has 6 rings (SSSR count). The van der Waals surface area contributed by atoms with Crippen LogP contribution in [-0.4, -0.2) is 75.1 Å². The van der Waals surface area contributed by atoms with E-state index in [-0.39, 0.29) is 26.8 Å². The maximum Gasteiger partial charge on any atom is 0.333 e. The molecule has 4 unspecified atom stereocenters. The molecule has 0 radical (unpaired) electrons. The lowest BCUT2D eigenvalue weighted by Gasteiger charge is -2.16. The van der Waals surface area contributed by atoms with Crippen LogP contribution in [0.2, 0.25) is 0 Å². The summed E-state index contributed by atoms with van der Waals surface area (Å²) >= 11 is 0. The number of hydrogen-bond donors (Lipinski definition) is 0. The maximum atomic E-state index is 12.7. The third-order valence-corrected chi connectivity index (χ3v) is 8.70. The van der Waals surface area contributed by atoms with Gasteiger partial charge in [0.1, 0.15) is 23.7 Å². The molecule has 2 aliphatic rings. The van der Waals surface area contributed by atoms with Gasteiger partial charge in [-0.2, -0.15) is 0 Å². The van der Waals surface area contributed by atoms with E-state index < -0.39 is 48.3 Å². The Bertz CT molecular complexity index is 1920. The standard InChI is InChI=1S/C44H38O12/c1-3-39(45)53-27-51-35-19-15-33(16-20-35)31-11-5-29(6-12-31)9-23-41(47)55-37-25-49-44-38(26-50-43(37)44)56-42(48)24-10-30-7-13-32(14-8-30)34-17-21-36(22-18-34)52-28-54-40(46)4-2/h3-24,37-38,43-44H,1-2,25-28H2/b23-9+,24-10+. The highest BCUT2D eigenvalue weighted by molar-refractivity contribution is 5.88. The van der Waals surface area contributed by atoms with Gasteiger partial charge < -0.3 is 37.9 Å². The van der Waals surface area contributed by atoms with Crippen LogP contribution < -0.4 is 9.47 Å². The van der Waals surface area contributed by atoms with Crippen LogP contribution >= 0.6 is 0 Å². The SMILES string of the molecule is C=CC(=O)OCOc1ccc(-c2ccc(/C=C/C(=O)OC3COC4C(OC(=O)/C=C/c5ccc(-c6ccc(OCOC(=O)C=C)cc6)cc5)COC34)cc2)cc1. The van der Waals surface area contributed by atoms with Crippen molar-refractivity contribution in [2.45, 2.75) is 24.4 Å². The molecule has 0 saturated carbocycles. The summed E-state index contributed by atoms with van der Waals surface area (Å²) in [5, 5.41) is 0. The van der Waals surface area contributed by atoms with E-state index in [9.17, 15) is 19.2 Å². The molecule has 2 heterocycles. The van der Waals surface area contributed by atoms with Crippen molar-refractivity contribution in [3.63, 3.8) is 0 Å². The number of ether oxygens (including phenoxy) is 8. The van der Waals surface area contributed by atoms with Gasteiger partial charge in [-0.3, -0.25) is 0 Å². The Morgan fingerprint density at radius 1 is 0.518 bits per heavy atom. The highest BCUT2D eigenvalue weighted by Crippen LogP contribution is 2.31. The summed E-state index contributed by atoms with van der Waals surface area (Å²) in [6.45, 7) is 6.48. The van der Waals surface area contributed by atoms with Gasteiger partial charge in [0.25, 0.3) is 0 Å². The van der Waals surface area contributed by atoms with Crippen LogP contribution in [0.4, 0.5) is 0 Å². The van der Waals surface area contributed by atoms with Crippen molar-refractivity contribution >= 4 is 36.0 Å². The predicted molar refractivity (Wildman–Crippen MR) is 205 cm³/mol. The molecule has 4 aromatic rings. The van der Waals surface area contributed by atoms with E-state index in [0.717, 1.165) is 45.5 Å². The van der Waals surface area contributed by atoms with E-state index in [2.05, 4.69) is 13.2 Å². The van der Waals surface area contributed by atoms with E-state index in [1.165, 1.54) is 12.2 Å². The van der Waals surface area contributed by atoms with Crippen LogP contribution in [0.3, 0.4) is 0 Å². The van der Waals surface area contributed by atoms with Crippen LogP contribution in [0, 0.1) is 0 Å². The molecule has 0 amide bonds. The van der Waals surface area contributed by atoms with E-state index in [1.54, 1.807) is 36.4 Å². The minimum atomic E-state index is -0.649. The third kappa shape index (κ3) is 10.7. The molecule has 2 saturated heterocycles. The number of benzene rings is 4. The second-order valence-corrected chi connectivity index (χ2v) is 12.4. The number of hydrogen-bond acceptors (Lipinski definition) is 12. The highest BCUT2D eigenvalue weighted by Gasteiger charge is 2.51. The largest absolute Gasteiger partial charge is 0.457 e. The zero-order chi connectivity index (χ0) is 39.3. The van der Waals surface area contributed by atoms with Gasteiger partial charge >= 0.3 is 23.9 Å². The first-order valence-corrected chi connectivity index (χ1v) is 17.5. The predicted octanol–water partition coefficient (Wildman–Crippen LogP) is 6.50. The molecule has 12 nitrogen and oxygen atoms in total. The summed E-state index contributed by atoms with van der Waals surface area (Å²) in [5.74, 6) is -1.12. The van der Waals surface area contributed by atoms with Gasteiger partial charge in [-0.1, -0.05) is 86.0 Å². The Hall–Kier alpha value is -6.76. The Kier molecular flexibility index (Phi) is 13.2. The second kappa shape index (κ2) is 19.0. The lowest BCUT2D eigenvalue weighted by Crippen LogP contribution is -2.35. The Morgan fingerprint density at radius 3 is 1.20 bits per heavy atom. The second-order valence-electron chi connectivity index (χ2n) is 12.4. The first kappa shape index (κ1) is 38.9. The summed E-state index contributed by atoms with van der Waals surface area (Å²) in [6, 6.07) is 29.8. The Morgan fingerprint density at radius 2 is 0.857 bits per heavy atom. The van der Waals surface area contributed by atoms with Crippen LogP contribution in [-0.2, 0) is 47.6 Å². The van der Waals surface area contributed by atoms with Gasteiger partial charge in [0.2, 0.25) is 13.6 Å². The molecule has 2 aliphatic heterocycles. The number of esters is 4. The normalized spacial score (nSPS) is 18.5. The number of fused-ring (bicyclic) bond motifs is 1. The minimum absolute atomic E-state index is 0.116.